The van der Waals surface area contributed by atoms with E-state index in [1.807, 2.05) is 13.0 Å². The van der Waals surface area contributed by atoms with E-state index in [1.165, 1.54) is 0 Å². The van der Waals surface area contributed by atoms with Crippen molar-refractivity contribution in [1.29, 1.82) is 0 Å². The number of halogens is 1. The number of carbonyl (C=O) groups is 2. The van der Waals surface area contributed by atoms with Crippen LogP contribution < -0.4 is 5.32 Å². The number of amides is 2. The number of benzene rings is 1. The number of ether oxygens (including phenoxy) is 1. The van der Waals surface area contributed by atoms with Gasteiger partial charge >= 0.3 is 0 Å². The van der Waals surface area contributed by atoms with Crippen molar-refractivity contribution in [3.8, 4) is 0 Å². The smallest absolute Gasteiger partial charge is 0.229 e. The molecule has 1 atom stereocenters. The Kier molecular flexibility index (Phi) is 6.08. The van der Waals surface area contributed by atoms with E-state index in [9.17, 15) is 9.59 Å². The molecule has 2 aromatic rings. The van der Waals surface area contributed by atoms with Gasteiger partial charge in [-0.25, -0.2) is 4.63 Å². The highest BCUT2D eigenvalue weighted by atomic mass is 35.5. The van der Waals surface area contributed by atoms with Crippen LogP contribution in [0.4, 0.5) is 5.69 Å². The maximum atomic E-state index is 12.7. The van der Waals surface area contributed by atoms with E-state index in [2.05, 4.69) is 20.3 Å². The zero-order valence-corrected chi connectivity index (χ0v) is 16.0. The van der Waals surface area contributed by atoms with Gasteiger partial charge in [-0.15, -0.1) is 0 Å². The second kappa shape index (κ2) is 8.49. The van der Waals surface area contributed by atoms with Crippen molar-refractivity contribution in [3.05, 3.63) is 40.2 Å². The lowest BCUT2D eigenvalue weighted by Crippen LogP contribution is -2.50. The molecule has 0 unspecified atom stereocenters. The minimum Gasteiger partial charge on any atom is -0.377 e. The molecule has 0 spiro atoms. The average molecular weight is 393 g/mol. The van der Waals surface area contributed by atoms with Crippen molar-refractivity contribution in [2.75, 3.05) is 25.1 Å². The number of carbonyl (C=O) groups excluding carboxylic acids is 2. The number of nitrogens with one attached hydrogen (secondary N) is 1. The lowest BCUT2D eigenvalue weighted by Gasteiger charge is -2.35. The predicted octanol–water partition coefficient (Wildman–Crippen LogP) is 2.14. The maximum Gasteiger partial charge on any atom is 0.229 e. The largest absolute Gasteiger partial charge is 0.377 e. The second-order valence-electron chi connectivity index (χ2n) is 6.50. The van der Waals surface area contributed by atoms with E-state index in [-0.39, 0.29) is 30.7 Å². The Balaban J connectivity index is 1.64. The minimum atomic E-state index is -0.342. The van der Waals surface area contributed by atoms with Gasteiger partial charge in [0.15, 0.2) is 0 Å². The highest BCUT2D eigenvalue weighted by molar-refractivity contribution is 6.31. The molecule has 1 aliphatic heterocycles. The number of morpholine rings is 1. The van der Waals surface area contributed by atoms with Crippen LogP contribution in [-0.2, 0) is 20.7 Å². The van der Waals surface area contributed by atoms with Crippen molar-refractivity contribution in [2.24, 2.45) is 0 Å². The van der Waals surface area contributed by atoms with Crippen molar-refractivity contribution >= 4 is 29.1 Å². The molecule has 1 aliphatic rings. The number of aryl methyl sites for hydroxylation is 2. The Labute approximate surface area is 161 Å². The summed E-state index contributed by atoms with van der Waals surface area (Å²) in [5.74, 6) is -0.332. The first-order chi connectivity index (χ1) is 12.9. The molecule has 1 aromatic carbocycles. The molecule has 3 rings (SSSR count). The van der Waals surface area contributed by atoms with Gasteiger partial charge < -0.3 is 15.0 Å². The fraction of sp³-hybridized carbons (Fsp3) is 0.444. The van der Waals surface area contributed by atoms with Crippen LogP contribution >= 0.6 is 11.6 Å². The van der Waals surface area contributed by atoms with Gasteiger partial charge in [0, 0.05) is 23.7 Å². The van der Waals surface area contributed by atoms with Crippen molar-refractivity contribution in [1.82, 2.24) is 15.2 Å². The molecule has 8 nitrogen and oxygen atoms in total. The predicted molar refractivity (Wildman–Crippen MR) is 98.5 cm³/mol. The lowest BCUT2D eigenvalue weighted by molar-refractivity contribution is -0.140. The van der Waals surface area contributed by atoms with Gasteiger partial charge in [-0.3, -0.25) is 9.59 Å². The molecular weight excluding hydrogens is 372 g/mol. The Morgan fingerprint density at radius 3 is 2.89 bits per heavy atom. The van der Waals surface area contributed by atoms with Crippen LogP contribution in [0.2, 0.25) is 5.02 Å². The fourth-order valence-corrected chi connectivity index (χ4v) is 3.12. The summed E-state index contributed by atoms with van der Waals surface area (Å²) in [5.41, 5.74) is 2.66. The summed E-state index contributed by atoms with van der Waals surface area (Å²) in [6, 6.07) is 4.97. The second-order valence-corrected chi connectivity index (χ2v) is 6.94. The van der Waals surface area contributed by atoms with Gasteiger partial charge in [0.05, 0.1) is 25.7 Å². The molecule has 0 aliphatic carbocycles. The Bertz CT molecular complexity index is 839. The van der Waals surface area contributed by atoms with Gasteiger partial charge in [0.1, 0.15) is 11.4 Å². The van der Waals surface area contributed by atoms with Gasteiger partial charge in [0.25, 0.3) is 0 Å². The van der Waals surface area contributed by atoms with Gasteiger partial charge in [-0.2, -0.15) is 0 Å². The highest BCUT2D eigenvalue weighted by Crippen LogP contribution is 2.21. The van der Waals surface area contributed by atoms with Gasteiger partial charge in [-0.1, -0.05) is 28.0 Å². The first-order valence-electron chi connectivity index (χ1n) is 8.65. The van der Waals surface area contributed by atoms with Crippen molar-refractivity contribution in [3.63, 3.8) is 0 Å². The number of nitrogens with zero attached hydrogens (tertiary/aromatic N) is 3. The summed E-state index contributed by atoms with van der Waals surface area (Å²) >= 11 is 5.99. The van der Waals surface area contributed by atoms with Crippen LogP contribution in [0.15, 0.2) is 22.8 Å². The third-order valence-electron chi connectivity index (χ3n) is 4.51. The number of rotatable bonds is 5. The Morgan fingerprint density at radius 1 is 1.33 bits per heavy atom. The molecular formula is C18H21ClN4O4. The van der Waals surface area contributed by atoms with Crippen LogP contribution in [-0.4, -0.2) is 52.8 Å². The van der Waals surface area contributed by atoms with Crippen molar-refractivity contribution in [2.45, 2.75) is 32.7 Å². The number of anilines is 1. The molecule has 0 bridgehead atoms. The Hall–Kier alpha value is -2.45. The molecule has 144 valence electrons. The van der Waals surface area contributed by atoms with E-state index in [4.69, 9.17) is 16.3 Å². The van der Waals surface area contributed by atoms with Crippen LogP contribution in [0.3, 0.4) is 0 Å². The van der Waals surface area contributed by atoms with Crippen LogP contribution in [0.5, 0.6) is 0 Å². The normalized spacial score (nSPS) is 17.0. The molecule has 2 heterocycles. The van der Waals surface area contributed by atoms with Gasteiger partial charge in [0.2, 0.25) is 11.8 Å². The van der Waals surface area contributed by atoms with E-state index in [0.717, 1.165) is 5.56 Å². The van der Waals surface area contributed by atoms with Gasteiger partial charge in [-0.05, 0) is 31.5 Å². The number of hydrogen-bond acceptors (Lipinski definition) is 6. The summed E-state index contributed by atoms with van der Waals surface area (Å²) in [6.07, 6.45) is 0.217. The zero-order valence-electron chi connectivity index (χ0n) is 15.2. The molecule has 0 radical (unpaired) electrons. The molecule has 1 fully saturated rings. The topological polar surface area (TPSA) is 97.6 Å². The van der Waals surface area contributed by atoms with Crippen LogP contribution in [0, 0.1) is 13.8 Å². The lowest BCUT2D eigenvalue weighted by atomic mass is 10.1. The van der Waals surface area contributed by atoms with Crippen molar-refractivity contribution < 1.29 is 19.0 Å². The summed E-state index contributed by atoms with van der Waals surface area (Å²) in [7, 11) is 0. The third kappa shape index (κ3) is 4.84. The fourth-order valence-electron chi connectivity index (χ4n) is 2.95. The van der Waals surface area contributed by atoms with E-state index >= 15 is 0 Å². The van der Waals surface area contributed by atoms with E-state index in [0.29, 0.717) is 41.9 Å². The summed E-state index contributed by atoms with van der Waals surface area (Å²) < 4.78 is 10.1. The third-order valence-corrected chi connectivity index (χ3v) is 4.74. The number of hydrogen-bond donors (Lipinski definition) is 1. The van der Waals surface area contributed by atoms with E-state index in [1.54, 1.807) is 24.0 Å². The molecule has 9 heteroatoms. The average Bonchev–Trinajstić information content (AvgIpc) is 3.03. The highest BCUT2D eigenvalue weighted by Gasteiger charge is 2.30. The molecule has 1 N–H and O–H groups in total. The first-order valence-corrected chi connectivity index (χ1v) is 9.03. The van der Waals surface area contributed by atoms with Crippen LogP contribution in [0.25, 0.3) is 0 Å². The molecule has 1 saturated heterocycles. The number of aromatic nitrogens is 2. The molecule has 2 amide bonds. The SMILES string of the molecule is Cc1ccc(Cl)cc1NC(=O)C[C@@H]1COCCN1C(=O)Cc1nonc1C. The molecule has 0 saturated carbocycles. The first kappa shape index (κ1) is 19.3. The molecule has 1 aromatic heterocycles. The quantitative estimate of drug-likeness (QED) is 0.837. The standard InChI is InChI=1S/C18H21ClN4O4/c1-11-3-4-13(19)7-15(11)20-17(24)8-14-10-26-6-5-23(14)18(25)9-16-12(2)21-27-22-16/h3-4,7,14H,5-6,8-10H2,1-2H3,(H,20,24)/t14-/m1/s1. The maximum absolute atomic E-state index is 12.7. The molecule has 27 heavy (non-hydrogen) atoms. The summed E-state index contributed by atoms with van der Waals surface area (Å²) in [6.45, 7) is 4.80. The minimum absolute atomic E-state index is 0.0842. The van der Waals surface area contributed by atoms with E-state index < -0.39 is 0 Å². The van der Waals surface area contributed by atoms with Crippen LogP contribution in [0.1, 0.15) is 23.4 Å². The zero-order chi connectivity index (χ0) is 19.4. The summed E-state index contributed by atoms with van der Waals surface area (Å²) in [5, 5.41) is 10.8. The monoisotopic (exact) mass is 392 g/mol. The Morgan fingerprint density at radius 2 is 2.15 bits per heavy atom. The summed E-state index contributed by atoms with van der Waals surface area (Å²) in [4.78, 5) is 26.8.